The molecule has 144 valence electrons. The molecule has 0 unspecified atom stereocenters. The Hall–Kier alpha value is -2.48. The molecule has 1 aromatic heterocycles. The molecule has 2 aromatic carbocycles. The number of hydrogen-bond acceptors (Lipinski definition) is 5. The Labute approximate surface area is 168 Å². The maximum Gasteiger partial charge on any atom is 0.349 e. The summed E-state index contributed by atoms with van der Waals surface area (Å²) in [5.41, 5.74) is 3.44. The molecule has 0 saturated carbocycles. The van der Waals surface area contributed by atoms with Gasteiger partial charge in [-0.2, -0.15) is 4.31 Å². The van der Waals surface area contributed by atoms with E-state index in [0.29, 0.717) is 25.1 Å². The number of nitrogens with zero attached hydrogens (tertiary/aromatic N) is 1. The van der Waals surface area contributed by atoms with Crippen molar-refractivity contribution >= 4 is 27.3 Å². The zero-order valence-corrected chi connectivity index (χ0v) is 16.9. The van der Waals surface area contributed by atoms with Gasteiger partial charge in [0.2, 0.25) is 10.0 Å². The third-order valence-corrected chi connectivity index (χ3v) is 7.92. The van der Waals surface area contributed by atoms with E-state index in [1.165, 1.54) is 11.4 Å². The van der Waals surface area contributed by atoms with Crippen LogP contribution in [-0.4, -0.2) is 32.3 Å². The molecule has 0 bridgehead atoms. The molecule has 5 nitrogen and oxygen atoms in total. The van der Waals surface area contributed by atoms with Crippen LogP contribution in [0.15, 0.2) is 64.9 Å². The molecular formula is C21H19NO4S2. The molecule has 0 N–H and O–H groups in total. The van der Waals surface area contributed by atoms with Crippen LogP contribution in [0.1, 0.15) is 20.8 Å². The SMILES string of the molecule is COC(=O)c1scc(-c2ccccc2)c1S(=O)(=O)N1CCc2ccccc2C1. The van der Waals surface area contributed by atoms with Gasteiger partial charge in [0.15, 0.2) is 0 Å². The third-order valence-electron chi connectivity index (χ3n) is 4.89. The van der Waals surface area contributed by atoms with Crippen LogP contribution in [0.5, 0.6) is 0 Å². The van der Waals surface area contributed by atoms with E-state index in [4.69, 9.17) is 4.74 Å². The second-order valence-electron chi connectivity index (χ2n) is 6.52. The van der Waals surface area contributed by atoms with Gasteiger partial charge in [0, 0.05) is 24.0 Å². The Balaban J connectivity index is 1.83. The average molecular weight is 414 g/mol. The van der Waals surface area contributed by atoms with Gasteiger partial charge < -0.3 is 4.74 Å². The number of sulfonamides is 1. The average Bonchev–Trinajstić information content (AvgIpc) is 3.19. The van der Waals surface area contributed by atoms with E-state index in [9.17, 15) is 13.2 Å². The predicted molar refractivity (Wildman–Crippen MR) is 109 cm³/mol. The number of hydrogen-bond donors (Lipinski definition) is 0. The van der Waals surface area contributed by atoms with Gasteiger partial charge in [-0.25, -0.2) is 13.2 Å². The Morgan fingerprint density at radius 2 is 1.71 bits per heavy atom. The highest BCUT2D eigenvalue weighted by Gasteiger charge is 2.35. The molecule has 0 atom stereocenters. The Morgan fingerprint density at radius 3 is 2.43 bits per heavy atom. The number of fused-ring (bicyclic) bond motifs is 1. The molecule has 2 heterocycles. The first-order valence-electron chi connectivity index (χ1n) is 8.84. The zero-order chi connectivity index (χ0) is 19.7. The number of carbonyl (C=O) groups excluding carboxylic acids is 1. The highest BCUT2D eigenvalue weighted by atomic mass is 32.2. The molecule has 1 aliphatic heterocycles. The first-order valence-corrected chi connectivity index (χ1v) is 11.2. The number of carbonyl (C=O) groups is 1. The predicted octanol–water partition coefficient (Wildman–Crippen LogP) is 3.95. The van der Waals surface area contributed by atoms with Crippen LogP contribution >= 0.6 is 11.3 Å². The van der Waals surface area contributed by atoms with Gasteiger partial charge in [-0.3, -0.25) is 0 Å². The topological polar surface area (TPSA) is 63.7 Å². The van der Waals surface area contributed by atoms with E-state index in [1.54, 1.807) is 5.38 Å². The standard InChI is InChI=1S/C21H19NO4S2/c1-26-21(23)19-20(18(14-27-19)16-8-3-2-4-9-16)28(24,25)22-12-11-15-7-5-6-10-17(15)13-22/h2-10,14H,11-13H2,1H3. The van der Waals surface area contributed by atoms with Crippen molar-refractivity contribution in [2.24, 2.45) is 0 Å². The lowest BCUT2D eigenvalue weighted by atomic mass is 10.0. The van der Waals surface area contributed by atoms with Crippen LogP contribution < -0.4 is 0 Å². The van der Waals surface area contributed by atoms with Crippen molar-refractivity contribution in [2.45, 2.75) is 17.9 Å². The van der Waals surface area contributed by atoms with Gasteiger partial charge >= 0.3 is 5.97 Å². The van der Waals surface area contributed by atoms with E-state index in [-0.39, 0.29) is 9.77 Å². The van der Waals surface area contributed by atoms with Crippen molar-refractivity contribution in [1.29, 1.82) is 0 Å². The van der Waals surface area contributed by atoms with E-state index in [2.05, 4.69) is 0 Å². The normalized spacial score (nSPS) is 14.5. The molecule has 0 aliphatic carbocycles. The molecule has 0 spiro atoms. The molecule has 0 fully saturated rings. The lowest BCUT2D eigenvalue weighted by molar-refractivity contribution is 0.0602. The van der Waals surface area contributed by atoms with Crippen LogP contribution in [-0.2, 0) is 27.7 Å². The Bertz CT molecular complexity index is 1120. The lowest BCUT2D eigenvalue weighted by Gasteiger charge is -2.28. The number of benzene rings is 2. The Kier molecular flexibility index (Phi) is 5.05. The first kappa shape index (κ1) is 18.9. The number of ether oxygens (including phenoxy) is 1. The van der Waals surface area contributed by atoms with E-state index >= 15 is 0 Å². The number of esters is 1. The fraction of sp³-hybridized carbons (Fsp3) is 0.190. The van der Waals surface area contributed by atoms with Crippen LogP contribution in [0.25, 0.3) is 11.1 Å². The smallest absolute Gasteiger partial charge is 0.349 e. The molecule has 0 radical (unpaired) electrons. The number of methoxy groups -OCH3 is 1. The summed E-state index contributed by atoms with van der Waals surface area (Å²) in [4.78, 5) is 12.5. The van der Waals surface area contributed by atoms with Crippen LogP contribution in [0.3, 0.4) is 0 Å². The summed E-state index contributed by atoms with van der Waals surface area (Å²) in [6, 6.07) is 17.1. The third kappa shape index (κ3) is 3.26. The summed E-state index contributed by atoms with van der Waals surface area (Å²) in [5.74, 6) is -0.636. The van der Waals surface area contributed by atoms with Gasteiger partial charge in [0.1, 0.15) is 9.77 Å². The van der Waals surface area contributed by atoms with Crippen LogP contribution in [0.2, 0.25) is 0 Å². The van der Waals surface area contributed by atoms with Crippen LogP contribution in [0.4, 0.5) is 0 Å². The summed E-state index contributed by atoms with van der Waals surface area (Å²) in [5, 5.41) is 1.71. The Morgan fingerprint density at radius 1 is 1.04 bits per heavy atom. The molecule has 28 heavy (non-hydrogen) atoms. The fourth-order valence-corrected chi connectivity index (χ4v) is 6.55. The summed E-state index contributed by atoms with van der Waals surface area (Å²) in [6.07, 6.45) is 0.647. The highest BCUT2D eigenvalue weighted by Crippen LogP contribution is 2.38. The van der Waals surface area contributed by atoms with Gasteiger partial charge in [-0.1, -0.05) is 54.6 Å². The molecule has 0 saturated heterocycles. The van der Waals surface area contributed by atoms with Gasteiger partial charge in [-0.15, -0.1) is 11.3 Å². The summed E-state index contributed by atoms with van der Waals surface area (Å²) >= 11 is 1.10. The van der Waals surface area contributed by atoms with Gasteiger partial charge in [0.05, 0.1) is 7.11 Å². The summed E-state index contributed by atoms with van der Waals surface area (Å²) in [6.45, 7) is 0.674. The van der Waals surface area contributed by atoms with Crippen molar-refractivity contribution < 1.29 is 17.9 Å². The van der Waals surface area contributed by atoms with Crippen molar-refractivity contribution in [3.05, 3.63) is 76.0 Å². The summed E-state index contributed by atoms with van der Waals surface area (Å²) < 4.78 is 33.5. The van der Waals surface area contributed by atoms with Gasteiger partial charge in [0.25, 0.3) is 0 Å². The minimum absolute atomic E-state index is 0.0370. The van der Waals surface area contributed by atoms with Crippen molar-refractivity contribution in [1.82, 2.24) is 4.31 Å². The van der Waals surface area contributed by atoms with Gasteiger partial charge in [-0.05, 0) is 23.1 Å². The van der Waals surface area contributed by atoms with Crippen molar-refractivity contribution in [3.8, 4) is 11.1 Å². The maximum absolute atomic E-state index is 13.6. The molecule has 1 aliphatic rings. The quantitative estimate of drug-likeness (QED) is 0.608. The first-order chi connectivity index (χ1) is 13.5. The fourth-order valence-electron chi connectivity index (χ4n) is 3.46. The van der Waals surface area contributed by atoms with Crippen LogP contribution in [0, 0.1) is 0 Å². The molecule has 7 heteroatoms. The molecule has 4 rings (SSSR count). The second kappa shape index (κ2) is 7.50. The maximum atomic E-state index is 13.6. The molecular weight excluding hydrogens is 394 g/mol. The van der Waals surface area contributed by atoms with Crippen molar-refractivity contribution in [3.63, 3.8) is 0 Å². The molecule has 3 aromatic rings. The number of rotatable bonds is 4. The largest absolute Gasteiger partial charge is 0.465 e. The van der Waals surface area contributed by atoms with E-state index in [0.717, 1.165) is 28.0 Å². The lowest BCUT2D eigenvalue weighted by Crippen LogP contribution is -2.36. The second-order valence-corrected chi connectivity index (χ2v) is 9.28. The van der Waals surface area contributed by atoms with Crippen molar-refractivity contribution in [2.75, 3.05) is 13.7 Å². The zero-order valence-electron chi connectivity index (χ0n) is 15.3. The number of thiophene rings is 1. The van der Waals surface area contributed by atoms with E-state index < -0.39 is 16.0 Å². The monoisotopic (exact) mass is 413 g/mol. The van der Waals surface area contributed by atoms with E-state index in [1.807, 2.05) is 54.6 Å². The summed E-state index contributed by atoms with van der Waals surface area (Å²) in [7, 11) is -2.62. The minimum Gasteiger partial charge on any atom is -0.465 e. The molecule has 0 amide bonds. The minimum atomic E-state index is -3.88. The highest BCUT2D eigenvalue weighted by molar-refractivity contribution is 7.89.